The van der Waals surface area contributed by atoms with Crippen molar-refractivity contribution in [2.75, 3.05) is 25.0 Å². The Morgan fingerprint density at radius 1 is 1.27 bits per heavy atom. The summed E-state index contributed by atoms with van der Waals surface area (Å²) in [5.41, 5.74) is 4.54. The predicted octanol–water partition coefficient (Wildman–Crippen LogP) is 3.03. The van der Waals surface area contributed by atoms with E-state index < -0.39 is 12.3 Å². The van der Waals surface area contributed by atoms with Gasteiger partial charge in [-0.3, -0.25) is 9.89 Å². The van der Waals surface area contributed by atoms with Gasteiger partial charge in [0.15, 0.2) is 5.78 Å². The third kappa shape index (κ3) is 3.11. The lowest BCUT2D eigenvalue weighted by Gasteiger charge is -2.24. The number of morpholine rings is 1. The van der Waals surface area contributed by atoms with Gasteiger partial charge in [0.1, 0.15) is 11.9 Å². The Bertz CT molecular complexity index is 1160. The highest BCUT2D eigenvalue weighted by molar-refractivity contribution is 7.12. The lowest BCUT2D eigenvalue weighted by Crippen LogP contribution is -2.50. The van der Waals surface area contributed by atoms with E-state index in [2.05, 4.69) is 32.2 Å². The fraction of sp³-hybridized carbons (Fsp3) is 0.286. The van der Waals surface area contributed by atoms with Crippen LogP contribution in [0.1, 0.15) is 25.7 Å². The molecular weight excluding hydrogens is 402 g/mol. The van der Waals surface area contributed by atoms with Crippen LogP contribution < -0.4 is 16.0 Å². The van der Waals surface area contributed by atoms with E-state index in [1.807, 2.05) is 26.0 Å². The molecule has 1 saturated heterocycles. The minimum atomic E-state index is -0.416. The van der Waals surface area contributed by atoms with Gasteiger partial charge in [0, 0.05) is 34.0 Å². The van der Waals surface area contributed by atoms with Crippen LogP contribution in [0.5, 0.6) is 0 Å². The summed E-state index contributed by atoms with van der Waals surface area (Å²) in [4.78, 5) is 28.2. The topological polar surface area (TPSA) is 108 Å². The highest BCUT2D eigenvalue weighted by Gasteiger charge is 2.35. The van der Waals surface area contributed by atoms with Crippen LogP contribution in [-0.4, -0.2) is 47.9 Å². The molecule has 3 aromatic rings. The van der Waals surface area contributed by atoms with Gasteiger partial charge in [-0.15, -0.1) is 11.3 Å². The molecule has 30 heavy (non-hydrogen) atoms. The van der Waals surface area contributed by atoms with E-state index in [0.717, 1.165) is 28.2 Å². The van der Waals surface area contributed by atoms with Gasteiger partial charge >= 0.3 is 6.03 Å². The van der Waals surface area contributed by atoms with Crippen molar-refractivity contribution in [2.24, 2.45) is 0 Å². The first-order valence-corrected chi connectivity index (χ1v) is 10.6. The van der Waals surface area contributed by atoms with Crippen LogP contribution in [0.2, 0.25) is 0 Å². The van der Waals surface area contributed by atoms with Crippen molar-refractivity contribution < 1.29 is 14.3 Å². The van der Waals surface area contributed by atoms with Crippen LogP contribution in [-0.2, 0) is 4.74 Å². The summed E-state index contributed by atoms with van der Waals surface area (Å²) in [5, 5.41) is 16.2. The SMILES string of the molecule is Cc1cc(-c2[nH]nc3c2C(=O)c2c(NC(=O)NC4CNCCO4)cccc2-3)c(C)s1. The van der Waals surface area contributed by atoms with Crippen LogP contribution >= 0.6 is 11.3 Å². The lowest BCUT2D eigenvalue weighted by atomic mass is 10.0. The molecule has 8 nitrogen and oxygen atoms in total. The van der Waals surface area contributed by atoms with E-state index in [0.29, 0.717) is 35.7 Å². The van der Waals surface area contributed by atoms with Gasteiger partial charge in [-0.1, -0.05) is 12.1 Å². The monoisotopic (exact) mass is 423 g/mol. The Morgan fingerprint density at radius 2 is 2.13 bits per heavy atom. The molecule has 2 aliphatic rings. The number of aromatic amines is 1. The normalized spacial score (nSPS) is 17.5. The number of ketones is 1. The quantitative estimate of drug-likeness (QED) is 0.405. The molecule has 5 rings (SSSR count). The minimum Gasteiger partial charge on any atom is -0.356 e. The minimum absolute atomic E-state index is 0.140. The van der Waals surface area contributed by atoms with Gasteiger partial charge in [0.2, 0.25) is 0 Å². The zero-order chi connectivity index (χ0) is 20.8. The Hall–Kier alpha value is -3.01. The second-order valence-corrected chi connectivity index (χ2v) is 8.83. The van der Waals surface area contributed by atoms with E-state index in [1.54, 1.807) is 17.4 Å². The largest absolute Gasteiger partial charge is 0.356 e. The number of benzene rings is 1. The molecule has 154 valence electrons. The molecule has 0 saturated carbocycles. The van der Waals surface area contributed by atoms with Gasteiger partial charge < -0.3 is 20.7 Å². The average Bonchev–Trinajstić information content (AvgIpc) is 3.37. The standard InChI is InChI=1S/C21H21N5O3S/c1-10-8-13(11(2)30-10)19-17-18(25-26-19)12-4-3-5-14(16(12)20(17)27)23-21(28)24-15-9-22-6-7-29-15/h3-5,8,15,22H,6-7,9H2,1-2H3,(H,25,26)(H2,23,24,28). The van der Waals surface area contributed by atoms with Crippen molar-refractivity contribution >= 4 is 28.8 Å². The molecular formula is C21H21N5O3S. The first-order chi connectivity index (χ1) is 14.5. The third-order valence-corrected chi connectivity index (χ3v) is 6.28. The molecule has 3 heterocycles. The summed E-state index contributed by atoms with van der Waals surface area (Å²) in [6, 6.07) is 7.04. The summed E-state index contributed by atoms with van der Waals surface area (Å²) < 4.78 is 5.50. The summed E-state index contributed by atoms with van der Waals surface area (Å²) in [6.07, 6.45) is -0.404. The van der Waals surface area contributed by atoms with E-state index >= 15 is 0 Å². The number of nitrogens with one attached hydrogen (secondary N) is 4. The van der Waals surface area contributed by atoms with Crippen molar-refractivity contribution in [1.29, 1.82) is 0 Å². The lowest BCUT2D eigenvalue weighted by molar-refractivity contribution is 0.0156. The molecule has 2 aromatic heterocycles. The number of carbonyl (C=O) groups is 2. The van der Waals surface area contributed by atoms with Crippen LogP contribution in [0.3, 0.4) is 0 Å². The number of H-pyrrole nitrogens is 1. The van der Waals surface area contributed by atoms with Crippen molar-refractivity contribution in [3.63, 3.8) is 0 Å². The highest BCUT2D eigenvalue weighted by atomic mass is 32.1. The van der Waals surface area contributed by atoms with Crippen molar-refractivity contribution in [3.05, 3.63) is 45.1 Å². The van der Waals surface area contributed by atoms with Gasteiger partial charge in [-0.05, 0) is 26.0 Å². The molecule has 1 aliphatic heterocycles. The molecule has 0 radical (unpaired) electrons. The van der Waals surface area contributed by atoms with E-state index in [1.165, 1.54) is 4.88 Å². The number of urea groups is 1. The van der Waals surface area contributed by atoms with Crippen LogP contribution in [0, 0.1) is 13.8 Å². The number of fused-ring (bicyclic) bond motifs is 3. The first-order valence-electron chi connectivity index (χ1n) is 9.76. The van der Waals surface area contributed by atoms with E-state index in [9.17, 15) is 9.59 Å². The molecule has 1 fully saturated rings. The fourth-order valence-corrected chi connectivity index (χ4v) is 4.95. The smallest absolute Gasteiger partial charge is 0.321 e. The fourth-order valence-electron chi connectivity index (χ4n) is 4.02. The maximum Gasteiger partial charge on any atom is 0.321 e. The second kappa shape index (κ2) is 7.35. The van der Waals surface area contributed by atoms with Gasteiger partial charge in [-0.25, -0.2) is 4.79 Å². The molecule has 0 bridgehead atoms. The third-order valence-electron chi connectivity index (χ3n) is 5.32. The Labute approximate surface area is 177 Å². The molecule has 0 spiro atoms. The van der Waals surface area contributed by atoms with Gasteiger partial charge in [0.05, 0.1) is 29.1 Å². The molecule has 1 unspecified atom stereocenters. The molecule has 1 atom stereocenters. The Morgan fingerprint density at radius 3 is 2.87 bits per heavy atom. The number of amides is 2. The van der Waals surface area contributed by atoms with Crippen molar-refractivity contribution in [3.8, 4) is 22.5 Å². The molecule has 2 amide bonds. The predicted molar refractivity (Wildman–Crippen MR) is 115 cm³/mol. The Balaban J connectivity index is 1.45. The number of hydrogen-bond donors (Lipinski definition) is 4. The number of nitrogens with zero attached hydrogens (tertiary/aromatic N) is 1. The van der Waals surface area contributed by atoms with Crippen molar-refractivity contribution in [2.45, 2.75) is 20.1 Å². The molecule has 1 aliphatic carbocycles. The van der Waals surface area contributed by atoms with Crippen LogP contribution in [0.15, 0.2) is 24.3 Å². The number of aryl methyl sites for hydroxylation is 2. The van der Waals surface area contributed by atoms with E-state index in [-0.39, 0.29) is 5.78 Å². The number of thiophene rings is 1. The molecule has 1 aromatic carbocycles. The number of anilines is 1. The van der Waals surface area contributed by atoms with Gasteiger partial charge in [0.25, 0.3) is 0 Å². The molecule has 9 heteroatoms. The summed E-state index contributed by atoms with van der Waals surface area (Å²) >= 11 is 1.68. The molecule has 4 N–H and O–H groups in total. The van der Waals surface area contributed by atoms with Gasteiger partial charge in [-0.2, -0.15) is 5.10 Å². The second-order valence-electron chi connectivity index (χ2n) is 7.37. The van der Waals surface area contributed by atoms with Crippen LogP contribution in [0.25, 0.3) is 22.5 Å². The number of rotatable bonds is 3. The average molecular weight is 423 g/mol. The Kier molecular flexibility index (Phi) is 4.65. The first kappa shape index (κ1) is 19.0. The number of hydrogen-bond acceptors (Lipinski definition) is 6. The zero-order valence-corrected chi connectivity index (χ0v) is 17.4. The highest BCUT2D eigenvalue weighted by Crippen LogP contribution is 2.44. The summed E-state index contributed by atoms with van der Waals surface area (Å²) in [6.45, 7) is 5.91. The summed E-state index contributed by atoms with van der Waals surface area (Å²) in [5.74, 6) is -0.140. The number of ether oxygens (including phenoxy) is 1. The number of carbonyl (C=O) groups excluding carboxylic acids is 2. The maximum atomic E-state index is 13.4. The zero-order valence-electron chi connectivity index (χ0n) is 16.6. The number of aromatic nitrogens is 2. The van der Waals surface area contributed by atoms with Crippen molar-refractivity contribution in [1.82, 2.24) is 20.8 Å². The van der Waals surface area contributed by atoms with Crippen LogP contribution in [0.4, 0.5) is 10.5 Å². The summed E-state index contributed by atoms with van der Waals surface area (Å²) in [7, 11) is 0. The maximum absolute atomic E-state index is 13.4. The van der Waals surface area contributed by atoms with E-state index in [4.69, 9.17) is 4.74 Å².